The second-order valence-electron chi connectivity index (χ2n) is 21.0. The molecular weight excluding hydrogens is 958 g/mol. The molecular formula is C54H70F5N5O7S. The largest absolute Gasteiger partial charge is 0.508 e. The van der Waals surface area contributed by atoms with Gasteiger partial charge in [0.1, 0.15) is 17.2 Å². The third-order valence-corrected chi connectivity index (χ3v) is 17.5. The topological polar surface area (TPSA) is 161 Å². The van der Waals surface area contributed by atoms with Gasteiger partial charge < -0.3 is 25.0 Å². The van der Waals surface area contributed by atoms with E-state index in [9.17, 15) is 51.1 Å². The number of aromatic hydroxyl groups is 2. The van der Waals surface area contributed by atoms with Crippen LogP contribution in [-0.2, 0) is 23.8 Å². The predicted molar refractivity (Wildman–Crippen MR) is 266 cm³/mol. The van der Waals surface area contributed by atoms with Gasteiger partial charge in [-0.1, -0.05) is 70.6 Å². The van der Waals surface area contributed by atoms with Crippen molar-refractivity contribution in [1.82, 2.24) is 24.6 Å². The van der Waals surface area contributed by atoms with Crippen LogP contribution in [0.4, 0.5) is 26.7 Å². The van der Waals surface area contributed by atoms with Gasteiger partial charge in [-0.2, -0.15) is 27.1 Å². The number of benzene rings is 3. The fourth-order valence-corrected chi connectivity index (χ4v) is 13.4. The number of aliphatic hydroxyl groups excluding tert-OH is 1. The van der Waals surface area contributed by atoms with Gasteiger partial charge in [-0.3, -0.25) is 9.11 Å². The zero-order valence-electron chi connectivity index (χ0n) is 41.4. The predicted octanol–water partition coefficient (Wildman–Crippen LogP) is 11.0. The molecule has 4 aromatic rings. The van der Waals surface area contributed by atoms with Crippen LogP contribution in [0, 0.1) is 23.7 Å². The van der Waals surface area contributed by atoms with E-state index in [-0.39, 0.29) is 41.2 Å². The number of halogens is 5. The third-order valence-electron chi connectivity index (χ3n) is 16.0. The number of aromatic amines is 1. The first kappa shape index (κ1) is 53.5. The molecule has 3 aliphatic carbocycles. The van der Waals surface area contributed by atoms with Gasteiger partial charge in [-0.15, -0.1) is 0 Å². The van der Waals surface area contributed by atoms with Gasteiger partial charge in [0.2, 0.25) is 0 Å². The molecule has 1 amide bonds. The Balaban J connectivity index is 0.799. The molecule has 0 bridgehead atoms. The van der Waals surface area contributed by atoms with Crippen LogP contribution >= 0.6 is 0 Å². The number of aliphatic hydroxyl groups is 1. The van der Waals surface area contributed by atoms with Gasteiger partial charge in [-0.25, -0.2) is 19.3 Å². The molecule has 7 atom stereocenters. The first-order chi connectivity index (χ1) is 34.4. The van der Waals surface area contributed by atoms with Gasteiger partial charge in [0.05, 0.1) is 17.4 Å². The lowest BCUT2D eigenvalue weighted by atomic mass is 9.56. The molecule has 1 saturated heterocycles. The van der Waals surface area contributed by atoms with Crippen molar-refractivity contribution < 1.29 is 51.0 Å². The number of unbranched alkanes of at least 4 members (excludes halogenated alkanes) is 6. The Morgan fingerprint density at radius 2 is 1.51 bits per heavy atom. The van der Waals surface area contributed by atoms with E-state index in [1.54, 1.807) is 11.0 Å². The highest BCUT2D eigenvalue weighted by Gasteiger charge is 2.56. The van der Waals surface area contributed by atoms with Crippen molar-refractivity contribution in [3.05, 3.63) is 87.3 Å². The molecule has 4 N–H and O–H groups in total. The maximum Gasteiger partial charge on any atom is 0.453 e. The average molecular weight is 1030 g/mol. The van der Waals surface area contributed by atoms with Crippen molar-refractivity contribution in [2.45, 2.75) is 147 Å². The molecule has 72 heavy (non-hydrogen) atoms. The van der Waals surface area contributed by atoms with Gasteiger partial charge in [-0.05, 0) is 139 Å². The van der Waals surface area contributed by atoms with Crippen molar-refractivity contribution in [3.8, 4) is 34.3 Å². The number of hydrogen-bond acceptors (Lipinski definition) is 9. The van der Waals surface area contributed by atoms with Crippen LogP contribution in [0.3, 0.4) is 0 Å². The molecule has 4 aliphatic rings. The van der Waals surface area contributed by atoms with E-state index in [1.165, 1.54) is 21.8 Å². The van der Waals surface area contributed by atoms with Crippen molar-refractivity contribution in [2.24, 2.45) is 23.7 Å². The average Bonchev–Trinajstić information content (AvgIpc) is 3.92. The molecule has 394 valence electrons. The SMILES string of the molecule is CC(C)c1cc(-c2n[nH]c(=O)n2-c2ccc(CN3CCN(C(=O)Oc4ccc5c(c4)C[C@@H](CCCCCCCCCS(=O)CCCC(F)(F)C(F)(F)F)[C@H]4[C@@H]6CCC(O)[C@H]6CC[C@H]54)CC3)cc2)c(O)cc1O. The highest BCUT2D eigenvalue weighted by molar-refractivity contribution is 7.84. The molecule has 2 unspecified atom stereocenters. The van der Waals surface area contributed by atoms with Crippen LogP contribution in [0.2, 0.25) is 0 Å². The van der Waals surface area contributed by atoms with Crippen molar-refractivity contribution in [3.63, 3.8) is 0 Å². The summed E-state index contributed by atoms with van der Waals surface area (Å²) in [5.41, 5.74) is 4.68. The third kappa shape index (κ3) is 12.4. The Labute approximate surface area is 420 Å². The summed E-state index contributed by atoms with van der Waals surface area (Å²) in [6, 6.07) is 16.7. The summed E-state index contributed by atoms with van der Waals surface area (Å²) in [6.07, 6.45) is 4.77. The first-order valence-electron chi connectivity index (χ1n) is 26.0. The normalized spacial score (nSPS) is 22.9. The molecule has 12 nitrogen and oxygen atoms in total. The maximum atomic E-state index is 13.6. The Morgan fingerprint density at radius 3 is 2.22 bits per heavy atom. The van der Waals surface area contributed by atoms with Gasteiger partial charge in [0.25, 0.3) is 0 Å². The molecule has 1 aromatic heterocycles. The number of carbonyl (C=O) groups is 1. The molecule has 2 saturated carbocycles. The summed E-state index contributed by atoms with van der Waals surface area (Å²) < 4.78 is 83.1. The Hall–Kier alpha value is -4.81. The number of H-pyrrole nitrogens is 1. The van der Waals surface area contributed by atoms with Crippen LogP contribution in [0.5, 0.6) is 17.2 Å². The highest BCUT2D eigenvalue weighted by atomic mass is 32.2. The summed E-state index contributed by atoms with van der Waals surface area (Å²) in [7, 11) is -1.40. The van der Waals surface area contributed by atoms with Gasteiger partial charge in [0.15, 0.2) is 5.82 Å². The minimum Gasteiger partial charge on any atom is -0.508 e. The lowest BCUT2D eigenvalue weighted by Gasteiger charge is -2.49. The quantitative estimate of drug-likeness (QED) is 0.0499. The number of fused-ring (bicyclic) bond motifs is 5. The monoisotopic (exact) mass is 1030 g/mol. The maximum absolute atomic E-state index is 13.6. The van der Waals surface area contributed by atoms with E-state index >= 15 is 0 Å². The van der Waals surface area contributed by atoms with Crippen LogP contribution in [-0.4, -0.2) is 106 Å². The molecule has 3 fully saturated rings. The lowest BCUT2D eigenvalue weighted by Crippen LogP contribution is -2.49. The number of phenols is 2. The molecule has 0 spiro atoms. The first-order valence-corrected chi connectivity index (χ1v) is 27.5. The summed E-state index contributed by atoms with van der Waals surface area (Å²) in [6.45, 7) is 6.82. The number of nitrogens with zero attached hydrogens (tertiary/aromatic N) is 4. The molecule has 1 aliphatic heterocycles. The number of ether oxygens (including phenoxy) is 1. The molecule has 0 radical (unpaired) electrons. The number of nitrogens with one attached hydrogen (secondary N) is 1. The molecule has 3 aromatic carbocycles. The highest BCUT2D eigenvalue weighted by Crippen LogP contribution is 2.58. The summed E-state index contributed by atoms with van der Waals surface area (Å²) >= 11 is 0. The van der Waals surface area contributed by atoms with Crippen molar-refractivity contribution in [1.29, 1.82) is 0 Å². The van der Waals surface area contributed by atoms with Crippen molar-refractivity contribution >= 4 is 16.9 Å². The number of piperazine rings is 1. The van der Waals surface area contributed by atoms with E-state index < -0.39 is 41.4 Å². The number of phenolic OH excluding ortho intramolecular Hbond substituents is 2. The number of alkyl halides is 5. The lowest BCUT2D eigenvalue weighted by molar-refractivity contribution is -0.284. The van der Waals surface area contributed by atoms with E-state index in [0.717, 1.165) is 82.6 Å². The van der Waals surface area contributed by atoms with Gasteiger partial charge >= 0.3 is 23.9 Å². The standard InChI is InChI=1S/C54H70F5N5O7S/c1-34(2)44-31-45(48(67)32-47(44)66)50-60-61-51(68)64(50)38-14-12-35(13-15-38)33-62-23-25-63(26-24-62)52(69)71-39-16-17-40-37(30-39)29-36(49-42(40)19-18-41-43(49)20-21-46(41)65)11-8-6-4-3-5-7-9-27-72(70)28-10-22-53(55,56)54(57,58)59/h12-17,30-32,34,36,41-43,46,49,65-67H,3-11,18-29,33H2,1-2H3,(H,61,68)/t36-,41+,42-,43-,46?,49-,72?/m1/s1. The molecule has 18 heteroatoms. The van der Waals surface area contributed by atoms with E-state index in [0.29, 0.717) is 97.1 Å². The Kier molecular flexibility index (Phi) is 17.2. The summed E-state index contributed by atoms with van der Waals surface area (Å²) in [4.78, 5) is 30.6. The fourth-order valence-electron chi connectivity index (χ4n) is 12.2. The molecule has 2 heterocycles. The van der Waals surface area contributed by atoms with E-state index in [1.807, 2.05) is 44.2 Å². The summed E-state index contributed by atoms with van der Waals surface area (Å²) in [5, 5.41) is 38.7. The second kappa shape index (κ2) is 23.2. The van der Waals surface area contributed by atoms with E-state index in [4.69, 9.17) is 4.74 Å². The second-order valence-corrected chi connectivity index (χ2v) is 22.7. The van der Waals surface area contributed by atoms with Crippen LogP contribution < -0.4 is 10.4 Å². The Bertz CT molecular complexity index is 2560. The minimum absolute atomic E-state index is 0.0243. The number of hydrogen-bond donors (Lipinski definition) is 4. The summed E-state index contributed by atoms with van der Waals surface area (Å²) in [5.74, 6) is -1.79. The zero-order chi connectivity index (χ0) is 51.3. The fraction of sp³-hybridized carbons (Fsp3) is 0.611. The Morgan fingerprint density at radius 1 is 0.833 bits per heavy atom. The number of aromatic nitrogens is 3. The van der Waals surface area contributed by atoms with Crippen molar-refractivity contribution in [2.75, 3.05) is 37.7 Å². The minimum atomic E-state index is -5.58. The van der Waals surface area contributed by atoms with Gasteiger partial charge in [0, 0.05) is 67.5 Å². The van der Waals surface area contributed by atoms with Crippen LogP contribution in [0.25, 0.3) is 17.1 Å². The number of amides is 1. The number of rotatable bonds is 20. The molecule has 8 rings (SSSR count). The number of carbonyl (C=O) groups excluding carboxylic acids is 1. The zero-order valence-corrected chi connectivity index (χ0v) is 42.2. The van der Waals surface area contributed by atoms with E-state index in [2.05, 4.69) is 27.2 Å². The van der Waals surface area contributed by atoms with Crippen LogP contribution in [0.1, 0.15) is 138 Å². The van der Waals surface area contributed by atoms with Crippen LogP contribution in [0.15, 0.2) is 59.4 Å². The smallest absolute Gasteiger partial charge is 0.453 e.